The van der Waals surface area contributed by atoms with Gasteiger partial charge in [0.15, 0.2) is 0 Å². The fraction of sp³-hybridized carbons (Fsp3) is 0.679. The molecule has 1 aliphatic heterocycles. The van der Waals surface area contributed by atoms with Crippen LogP contribution in [0.3, 0.4) is 0 Å². The summed E-state index contributed by atoms with van der Waals surface area (Å²) in [5.74, 6) is -0.708. The van der Waals surface area contributed by atoms with Crippen molar-refractivity contribution < 1.29 is 19.5 Å². The van der Waals surface area contributed by atoms with E-state index in [1.807, 2.05) is 44.2 Å². The highest BCUT2D eigenvalue weighted by molar-refractivity contribution is 5.88. The van der Waals surface area contributed by atoms with Gasteiger partial charge in [0.05, 0.1) is 12.6 Å². The first-order valence-corrected chi connectivity index (χ1v) is 13.3. The zero-order valence-electron chi connectivity index (χ0n) is 21.7. The van der Waals surface area contributed by atoms with E-state index in [9.17, 15) is 19.5 Å². The Kier molecular flexibility index (Phi) is 12.8. The summed E-state index contributed by atoms with van der Waals surface area (Å²) < 4.78 is 0. The van der Waals surface area contributed by atoms with Gasteiger partial charge in [-0.15, -0.1) is 0 Å². The minimum atomic E-state index is -0.679. The standard InChI is InChI=1S/C28H45N3O4/c1-20(2)16-25-28(35)30-24(19-32)18-23(26(33)29-3)15-11-6-4-5-10-14-22(27(34)31-25)17-21-12-8-7-9-13-21/h7-9,12-13,20,22-25,32H,4-6,10-11,14-19H2,1-3H3,(H,29,33)(H,30,35)(H,31,34)/t22?,23?,24?,25-/m0/s1. The number of amides is 3. The summed E-state index contributed by atoms with van der Waals surface area (Å²) in [7, 11) is 1.62. The number of benzene rings is 1. The van der Waals surface area contributed by atoms with Crippen molar-refractivity contribution in [1.82, 2.24) is 16.0 Å². The molecule has 1 saturated heterocycles. The number of carbonyl (C=O) groups is 3. The van der Waals surface area contributed by atoms with E-state index in [2.05, 4.69) is 16.0 Å². The Morgan fingerprint density at radius 3 is 2.29 bits per heavy atom. The quantitative estimate of drug-likeness (QED) is 0.494. The fourth-order valence-electron chi connectivity index (χ4n) is 4.91. The molecule has 1 aliphatic rings. The Labute approximate surface area is 210 Å². The molecule has 1 heterocycles. The third kappa shape index (κ3) is 10.4. The minimum absolute atomic E-state index is 0.0606. The topological polar surface area (TPSA) is 108 Å². The first-order chi connectivity index (χ1) is 16.8. The lowest BCUT2D eigenvalue weighted by atomic mass is 9.90. The van der Waals surface area contributed by atoms with Gasteiger partial charge in [0, 0.05) is 18.9 Å². The number of rotatable bonds is 6. The van der Waals surface area contributed by atoms with Gasteiger partial charge in [-0.3, -0.25) is 14.4 Å². The zero-order chi connectivity index (χ0) is 25.6. The summed E-state index contributed by atoms with van der Waals surface area (Å²) >= 11 is 0. The Hall–Kier alpha value is -2.41. The smallest absolute Gasteiger partial charge is 0.242 e. The van der Waals surface area contributed by atoms with Crippen molar-refractivity contribution in [1.29, 1.82) is 0 Å². The molecule has 0 bridgehead atoms. The van der Waals surface area contributed by atoms with Crippen molar-refractivity contribution in [2.75, 3.05) is 13.7 Å². The van der Waals surface area contributed by atoms with E-state index in [1.165, 1.54) is 0 Å². The molecular weight excluding hydrogens is 442 g/mol. The van der Waals surface area contributed by atoms with Gasteiger partial charge < -0.3 is 21.1 Å². The Balaban J connectivity index is 2.22. The lowest BCUT2D eigenvalue weighted by molar-refractivity contribution is -0.132. The largest absolute Gasteiger partial charge is 0.394 e. The molecule has 4 atom stereocenters. The highest BCUT2D eigenvalue weighted by Crippen LogP contribution is 2.21. The Morgan fingerprint density at radius 1 is 1.00 bits per heavy atom. The van der Waals surface area contributed by atoms with E-state index >= 15 is 0 Å². The lowest BCUT2D eigenvalue weighted by Gasteiger charge is -2.27. The average molecular weight is 488 g/mol. The summed E-state index contributed by atoms with van der Waals surface area (Å²) in [4.78, 5) is 39.0. The predicted octanol–water partition coefficient (Wildman–Crippen LogP) is 3.35. The van der Waals surface area contributed by atoms with E-state index in [0.29, 0.717) is 19.3 Å². The van der Waals surface area contributed by atoms with Crippen molar-refractivity contribution in [2.45, 2.75) is 90.1 Å². The third-order valence-electron chi connectivity index (χ3n) is 6.89. The van der Waals surface area contributed by atoms with Crippen LogP contribution in [0.15, 0.2) is 30.3 Å². The van der Waals surface area contributed by atoms with E-state index in [4.69, 9.17) is 0 Å². The fourth-order valence-corrected chi connectivity index (χ4v) is 4.91. The third-order valence-corrected chi connectivity index (χ3v) is 6.89. The van der Waals surface area contributed by atoms with Gasteiger partial charge in [0.1, 0.15) is 6.04 Å². The molecule has 0 spiro atoms. The molecule has 0 aliphatic carbocycles. The van der Waals surface area contributed by atoms with Crippen LogP contribution in [-0.2, 0) is 20.8 Å². The summed E-state index contributed by atoms with van der Waals surface area (Å²) in [6.45, 7) is 3.79. The van der Waals surface area contributed by atoms with Gasteiger partial charge >= 0.3 is 0 Å². The molecule has 35 heavy (non-hydrogen) atoms. The second kappa shape index (κ2) is 15.6. The molecule has 1 aromatic carbocycles. The summed E-state index contributed by atoms with van der Waals surface area (Å²) in [5.41, 5.74) is 1.12. The summed E-state index contributed by atoms with van der Waals surface area (Å²) in [6, 6.07) is 8.81. The van der Waals surface area contributed by atoms with E-state index < -0.39 is 12.1 Å². The molecule has 0 radical (unpaired) electrons. The molecular formula is C28H45N3O4. The Bertz CT molecular complexity index is 784. The highest BCUT2D eigenvalue weighted by Gasteiger charge is 2.29. The van der Waals surface area contributed by atoms with Crippen LogP contribution in [0.25, 0.3) is 0 Å². The first-order valence-electron chi connectivity index (χ1n) is 13.3. The van der Waals surface area contributed by atoms with Crippen LogP contribution in [0.1, 0.15) is 77.2 Å². The second-order valence-electron chi connectivity index (χ2n) is 10.4. The van der Waals surface area contributed by atoms with Crippen LogP contribution in [0.2, 0.25) is 0 Å². The van der Waals surface area contributed by atoms with Crippen LogP contribution in [-0.4, -0.2) is 48.6 Å². The molecule has 7 heteroatoms. The predicted molar refractivity (Wildman–Crippen MR) is 139 cm³/mol. The maximum absolute atomic E-state index is 13.4. The van der Waals surface area contributed by atoms with Gasteiger partial charge in [-0.25, -0.2) is 0 Å². The SMILES string of the molecule is CNC(=O)C1CCCCCCCC(Cc2ccccc2)C(=O)N[C@@H](CC(C)C)C(=O)NC(CO)C1. The highest BCUT2D eigenvalue weighted by atomic mass is 16.3. The van der Waals surface area contributed by atoms with Crippen molar-refractivity contribution >= 4 is 17.7 Å². The Morgan fingerprint density at radius 2 is 1.66 bits per heavy atom. The zero-order valence-corrected chi connectivity index (χ0v) is 21.7. The van der Waals surface area contributed by atoms with Crippen LogP contribution >= 0.6 is 0 Å². The van der Waals surface area contributed by atoms with Crippen LogP contribution in [0.4, 0.5) is 0 Å². The summed E-state index contributed by atoms with van der Waals surface area (Å²) in [5, 5.41) is 18.6. The molecule has 4 N–H and O–H groups in total. The monoisotopic (exact) mass is 487 g/mol. The molecule has 7 nitrogen and oxygen atoms in total. The van der Waals surface area contributed by atoms with Gasteiger partial charge in [-0.05, 0) is 43.6 Å². The van der Waals surface area contributed by atoms with Gasteiger partial charge in [-0.1, -0.05) is 76.3 Å². The van der Waals surface area contributed by atoms with Crippen molar-refractivity contribution in [3.63, 3.8) is 0 Å². The molecule has 0 aromatic heterocycles. The van der Waals surface area contributed by atoms with Gasteiger partial charge in [0.2, 0.25) is 17.7 Å². The summed E-state index contributed by atoms with van der Waals surface area (Å²) in [6.07, 6.45) is 8.05. The lowest BCUT2D eigenvalue weighted by Crippen LogP contribution is -2.53. The molecule has 196 valence electrons. The van der Waals surface area contributed by atoms with E-state index in [-0.39, 0.29) is 42.1 Å². The maximum atomic E-state index is 13.4. The molecule has 1 aromatic rings. The number of nitrogens with one attached hydrogen (secondary N) is 3. The van der Waals surface area contributed by atoms with E-state index in [0.717, 1.165) is 50.5 Å². The van der Waals surface area contributed by atoms with Crippen LogP contribution in [0.5, 0.6) is 0 Å². The minimum Gasteiger partial charge on any atom is -0.394 e. The molecule has 0 saturated carbocycles. The molecule has 2 rings (SSSR count). The van der Waals surface area contributed by atoms with Crippen molar-refractivity contribution in [3.8, 4) is 0 Å². The second-order valence-corrected chi connectivity index (χ2v) is 10.4. The number of aliphatic hydroxyl groups is 1. The first kappa shape index (κ1) is 28.8. The normalized spacial score (nSPS) is 25.5. The molecule has 3 unspecified atom stereocenters. The average Bonchev–Trinajstić information content (AvgIpc) is 2.84. The molecule has 3 amide bonds. The van der Waals surface area contributed by atoms with Crippen molar-refractivity contribution in [2.24, 2.45) is 17.8 Å². The maximum Gasteiger partial charge on any atom is 0.242 e. The molecule has 1 fully saturated rings. The van der Waals surface area contributed by atoms with Crippen LogP contribution < -0.4 is 16.0 Å². The number of aliphatic hydroxyl groups excluding tert-OH is 1. The van der Waals surface area contributed by atoms with E-state index in [1.54, 1.807) is 7.05 Å². The number of hydrogen-bond donors (Lipinski definition) is 4. The van der Waals surface area contributed by atoms with Gasteiger partial charge in [-0.2, -0.15) is 0 Å². The van der Waals surface area contributed by atoms with Crippen molar-refractivity contribution in [3.05, 3.63) is 35.9 Å². The number of hydrogen-bond acceptors (Lipinski definition) is 4. The van der Waals surface area contributed by atoms with Crippen LogP contribution in [0, 0.1) is 17.8 Å². The van der Waals surface area contributed by atoms with Gasteiger partial charge in [0.25, 0.3) is 0 Å². The number of carbonyl (C=O) groups excluding carboxylic acids is 3.